The van der Waals surface area contributed by atoms with Crippen LogP contribution in [0.1, 0.15) is 335 Å². The SMILES string of the molecule is CCCCCCCCCCCCCC/C=C\CCCCCCCCCCCCCCC(O)C(=O)NC(CO)C(O)C(O)CCC/C=C/CC/C=C/CC/C=C/CCCCCCCCCCCCCCCCC. The van der Waals surface area contributed by atoms with E-state index in [1.807, 2.05) is 0 Å². The number of aliphatic hydroxyl groups is 4. The van der Waals surface area contributed by atoms with E-state index in [9.17, 15) is 25.2 Å². The highest BCUT2D eigenvalue weighted by Gasteiger charge is 2.28. The van der Waals surface area contributed by atoms with Crippen molar-refractivity contribution in [2.24, 2.45) is 0 Å². The van der Waals surface area contributed by atoms with E-state index in [1.54, 1.807) is 0 Å². The zero-order chi connectivity index (χ0) is 52.3. The van der Waals surface area contributed by atoms with Gasteiger partial charge in [-0.3, -0.25) is 4.79 Å². The number of amides is 1. The molecule has 0 aromatic rings. The maximum atomic E-state index is 12.6. The van der Waals surface area contributed by atoms with Crippen LogP contribution in [0.25, 0.3) is 0 Å². The highest BCUT2D eigenvalue weighted by atomic mass is 16.3. The first-order valence-corrected chi connectivity index (χ1v) is 32.0. The summed E-state index contributed by atoms with van der Waals surface area (Å²) in [6, 6.07) is -1.01. The quantitative estimate of drug-likeness (QED) is 0.0308. The molecule has 6 nitrogen and oxygen atoms in total. The Hall–Kier alpha value is -1.73. The van der Waals surface area contributed by atoms with Gasteiger partial charge in [-0.05, 0) is 89.9 Å². The fourth-order valence-electron chi connectivity index (χ4n) is 9.96. The summed E-state index contributed by atoms with van der Waals surface area (Å²) in [6.45, 7) is 4.08. The smallest absolute Gasteiger partial charge is 0.249 e. The predicted molar refractivity (Wildman–Crippen MR) is 316 cm³/mol. The second-order valence-corrected chi connectivity index (χ2v) is 22.1. The molecule has 72 heavy (non-hydrogen) atoms. The number of unbranched alkanes of at least 4 members (excludes halogenated alkanes) is 42. The first kappa shape index (κ1) is 70.3. The lowest BCUT2D eigenvalue weighted by atomic mass is 10.00. The minimum Gasteiger partial charge on any atom is -0.394 e. The van der Waals surface area contributed by atoms with Crippen molar-refractivity contribution < 1.29 is 25.2 Å². The van der Waals surface area contributed by atoms with Gasteiger partial charge < -0.3 is 25.7 Å². The van der Waals surface area contributed by atoms with Gasteiger partial charge in [0.15, 0.2) is 0 Å². The summed E-state index contributed by atoms with van der Waals surface area (Å²) < 4.78 is 0. The van der Waals surface area contributed by atoms with Crippen LogP contribution in [-0.4, -0.2) is 57.3 Å². The molecule has 4 atom stereocenters. The second-order valence-electron chi connectivity index (χ2n) is 22.1. The lowest BCUT2D eigenvalue weighted by Gasteiger charge is -2.27. The fraction of sp³-hybridized carbons (Fsp3) is 0.864. The Bertz CT molecular complexity index is 1180. The Labute approximate surface area is 449 Å². The van der Waals surface area contributed by atoms with Crippen LogP contribution in [0.5, 0.6) is 0 Å². The van der Waals surface area contributed by atoms with E-state index in [1.165, 1.54) is 250 Å². The number of hydrogen-bond acceptors (Lipinski definition) is 5. The van der Waals surface area contributed by atoms with Gasteiger partial charge in [0.2, 0.25) is 5.91 Å². The molecule has 4 unspecified atom stereocenters. The highest BCUT2D eigenvalue weighted by molar-refractivity contribution is 5.80. The van der Waals surface area contributed by atoms with E-state index >= 15 is 0 Å². The maximum absolute atomic E-state index is 12.6. The summed E-state index contributed by atoms with van der Waals surface area (Å²) >= 11 is 0. The van der Waals surface area contributed by atoms with E-state index < -0.39 is 36.9 Å². The van der Waals surface area contributed by atoms with Gasteiger partial charge in [-0.15, -0.1) is 0 Å². The molecule has 0 rings (SSSR count). The molecule has 0 fully saturated rings. The van der Waals surface area contributed by atoms with E-state index in [2.05, 4.69) is 67.8 Å². The van der Waals surface area contributed by atoms with E-state index in [-0.39, 0.29) is 0 Å². The van der Waals surface area contributed by atoms with Crippen LogP contribution in [-0.2, 0) is 4.79 Å². The van der Waals surface area contributed by atoms with Crippen LogP contribution >= 0.6 is 0 Å². The molecule has 0 heterocycles. The molecule has 1 amide bonds. The van der Waals surface area contributed by atoms with Gasteiger partial charge in [0.25, 0.3) is 0 Å². The fourth-order valence-corrected chi connectivity index (χ4v) is 9.96. The van der Waals surface area contributed by atoms with E-state index in [4.69, 9.17) is 0 Å². The molecule has 0 saturated heterocycles. The molecule has 0 radical (unpaired) electrons. The molecule has 0 aromatic carbocycles. The maximum Gasteiger partial charge on any atom is 0.249 e. The van der Waals surface area contributed by atoms with Crippen LogP contribution in [0.3, 0.4) is 0 Å². The molecule has 0 spiro atoms. The molecular formula is C66H125NO5. The standard InChI is InChI=1S/C66H125NO5/c1-3-5-7-9-11-13-15-17-19-21-23-25-27-29-31-33-35-37-39-41-43-45-47-49-51-53-55-57-59-63(69)65(71)62(61-68)67-66(72)64(70)60-58-56-54-52-50-48-46-44-42-40-38-36-34-32-30-28-26-24-22-20-18-16-14-12-10-8-6-4-2/h30,32,35,37,43,45,51,53,62-65,68-71H,3-29,31,33-34,36,38-42,44,46-50,52,54-61H2,1-2H3,(H,67,72)/b32-30-,37-35+,45-43+,53-51+. The topological polar surface area (TPSA) is 110 Å². The first-order chi connectivity index (χ1) is 35.5. The van der Waals surface area contributed by atoms with Crippen molar-refractivity contribution in [3.63, 3.8) is 0 Å². The van der Waals surface area contributed by atoms with Gasteiger partial charge in [-0.1, -0.05) is 294 Å². The molecule has 0 aromatic heterocycles. The third kappa shape index (κ3) is 53.1. The van der Waals surface area contributed by atoms with Crippen LogP contribution in [0.4, 0.5) is 0 Å². The summed E-state index contributed by atoms with van der Waals surface area (Å²) in [5.41, 5.74) is 0. The Balaban J connectivity index is 3.66. The minimum atomic E-state index is -1.30. The third-order valence-electron chi connectivity index (χ3n) is 15.0. The average Bonchev–Trinajstić information content (AvgIpc) is 3.39. The van der Waals surface area contributed by atoms with Crippen molar-refractivity contribution in [1.29, 1.82) is 0 Å². The molecule has 0 bridgehead atoms. The van der Waals surface area contributed by atoms with E-state index in [0.29, 0.717) is 19.3 Å². The number of rotatable bonds is 59. The number of allylic oxidation sites excluding steroid dienone is 8. The van der Waals surface area contributed by atoms with Crippen LogP contribution in [0.15, 0.2) is 48.6 Å². The molecular weight excluding hydrogens is 887 g/mol. The van der Waals surface area contributed by atoms with Gasteiger partial charge in [-0.2, -0.15) is 0 Å². The van der Waals surface area contributed by atoms with Gasteiger partial charge in [0.05, 0.1) is 18.8 Å². The molecule has 6 heteroatoms. The van der Waals surface area contributed by atoms with Crippen molar-refractivity contribution in [3.05, 3.63) is 48.6 Å². The minimum absolute atomic E-state index is 0.358. The normalized spacial score (nSPS) is 13.9. The Morgan fingerprint density at radius 3 is 0.875 bits per heavy atom. The van der Waals surface area contributed by atoms with Gasteiger partial charge in [0.1, 0.15) is 12.2 Å². The molecule has 424 valence electrons. The van der Waals surface area contributed by atoms with Crippen LogP contribution in [0, 0.1) is 0 Å². The summed E-state index contributed by atoms with van der Waals surface area (Å²) in [4.78, 5) is 12.6. The molecule has 0 aliphatic rings. The van der Waals surface area contributed by atoms with Gasteiger partial charge in [-0.25, -0.2) is 0 Å². The zero-order valence-corrected chi connectivity index (χ0v) is 48.2. The second kappa shape index (κ2) is 60.1. The lowest BCUT2D eigenvalue weighted by molar-refractivity contribution is -0.132. The number of aliphatic hydroxyl groups excluding tert-OH is 4. The summed E-state index contributed by atoms with van der Waals surface area (Å²) in [5, 5.41) is 44.1. The Morgan fingerprint density at radius 2 is 0.583 bits per heavy atom. The van der Waals surface area contributed by atoms with Crippen molar-refractivity contribution in [2.75, 3.05) is 6.61 Å². The van der Waals surface area contributed by atoms with Gasteiger partial charge in [0, 0.05) is 0 Å². The van der Waals surface area contributed by atoms with Crippen molar-refractivity contribution in [3.8, 4) is 0 Å². The summed E-state index contributed by atoms with van der Waals surface area (Å²) in [7, 11) is 0. The summed E-state index contributed by atoms with van der Waals surface area (Å²) in [5.74, 6) is -0.596. The molecule has 0 aliphatic carbocycles. The first-order valence-electron chi connectivity index (χ1n) is 32.0. The van der Waals surface area contributed by atoms with Crippen molar-refractivity contribution >= 4 is 5.91 Å². The summed E-state index contributed by atoms with van der Waals surface area (Å²) in [6.07, 6.45) is 77.8. The predicted octanol–water partition coefficient (Wildman–Crippen LogP) is 19.3. The Morgan fingerprint density at radius 1 is 0.333 bits per heavy atom. The third-order valence-corrected chi connectivity index (χ3v) is 15.0. The molecule has 0 saturated carbocycles. The van der Waals surface area contributed by atoms with E-state index in [0.717, 1.165) is 51.4 Å². The number of nitrogens with one attached hydrogen (secondary N) is 1. The lowest BCUT2D eigenvalue weighted by Crippen LogP contribution is -2.53. The van der Waals surface area contributed by atoms with Gasteiger partial charge >= 0.3 is 0 Å². The number of hydrogen-bond donors (Lipinski definition) is 5. The van der Waals surface area contributed by atoms with Crippen LogP contribution < -0.4 is 5.32 Å². The number of carbonyl (C=O) groups excluding carboxylic acids is 1. The van der Waals surface area contributed by atoms with Crippen LogP contribution in [0.2, 0.25) is 0 Å². The monoisotopic (exact) mass is 1010 g/mol. The average molecular weight is 1010 g/mol. The molecule has 5 N–H and O–H groups in total. The van der Waals surface area contributed by atoms with Crippen molar-refractivity contribution in [1.82, 2.24) is 5.32 Å². The van der Waals surface area contributed by atoms with Crippen molar-refractivity contribution in [2.45, 2.75) is 359 Å². The number of carbonyl (C=O) groups is 1. The largest absolute Gasteiger partial charge is 0.394 e. The molecule has 0 aliphatic heterocycles. The zero-order valence-electron chi connectivity index (χ0n) is 48.2. The Kier molecular flexibility index (Phi) is 58.7. The highest BCUT2D eigenvalue weighted by Crippen LogP contribution is 2.18.